The molecule has 0 amide bonds. The number of aryl methyl sites for hydroxylation is 1. The van der Waals surface area contributed by atoms with Crippen molar-refractivity contribution in [3.63, 3.8) is 0 Å². The number of nitrogens with one attached hydrogen (secondary N) is 1. The van der Waals surface area contributed by atoms with Gasteiger partial charge in [0.15, 0.2) is 0 Å². The molecule has 0 aromatic carbocycles. The van der Waals surface area contributed by atoms with Crippen molar-refractivity contribution in [2.75, 3.05) is 6.61 Å². The van der Waals surface area contributed by atoms with Gasteiger partial charge in [-0.2, -0.15) is 0 Å². The van der Waals surface area contributed by atoms with Crippen molar-refractivity contribution in [1.29, 1.82) is 0 Å². The SMILES string of the molecule is Cn1cnc(S(=O)(=O)NC2(CO)CCCCC2)c1Cl. The summed E-state index contributed by atoms with van der Waals surface area (Å²) in [6.07, 6.45) is 5.48. The molecule has 0 spiro atoms. The summed E-state index contributed by atoms with van der Waals surface area (Å²) in [5.41, 5.74) is -0.780. The fourth-order valence-corrected chi connectivity index (χ4v) is 4.31. The summed E-state index contributed by atoms with van der Waals surface area (Å²) in [5, 5.41) is 9.42. The zero-order chi connectivity index (χ0) is 14.1. The third kappa shape index (κ3) is 2.94. The van der Waals surface area contributed by atoms with Crippen molar-refractivity contribution in [1.82, 2.24) is 14.3 Å². The molecule has 1 heterocycles. The van der Waals surface area contributed by atoms with Gasteiger partial charge in [0.25, 0.3) is 10.0 Å². The fourth-order valence-electron chi connectivity index (χ4n) is 2.43. The Bertz CT molecular complexity index is 550. The Hall–Kier alpha value is -0.630. The number of halogens is 1. The predicted molar refractivity (Wildman–Crippen MR) is 71.4 cm³/mol. The number of aliphatic hydroxyl groups excluding tert-OH is 1. The molecule has 0 atom stereocenters. The molecular weight excluding hydrogens is 290 g/mol. The number of aromatic nitrogens is 2. The number of hydrogen-bond acceptors (Lipinski definition) is 4. The summed E-state index contributed by atoms with van der Waals surface area (Å²) >= 11 is 5.92. The third-order valence-corrected chi connectivity index (χ3v) is 5.62. The maximum Gasteiger partial charge on any atom is 0.261 e. The molecule has 1 saturated carbocycles. The second kappa shape index (κ2) is 5.40. The van der Waals surface area contributed by atoms with Gasteiger partial charge in [0.1, 0.15) is 5.15 Å². The van der Waals surface area contributed by atoms with Crippen LogP contribution in [0.4, 0.5) is 0 Å². The van der Waals surface area contributed by atoms with Crippen LogP contribution in [0.15, 0.2) is 11.4 Å². The molecule has 1 aromatic heterocycles. The maximum absolute atomic E-state index is 12.3. The van der Waals surface area contributed by atoms with Crippen LogP contribution in [0.25, 0.3) is 0 Å². The van der Waals surface area contributed by atoms with Crippen molar-refractivity contribution in [2.24, 2.45) is 7.05 Å². The summed E-state index contributed by atoms with van der Waals surface area (Å²) in [6.45, 7) is -0.212. The van der Waals surface area contributed by atoms with Crippen LogP contribution in [0.2, 0.25) is 5.15 Å². The van der Waals surface area contributed by atoms with Crippen LogP contribution in [0.5, 0.6) is 0 Å². The largest absolute Gasteiger partial charge is 0.394 e. The highest BCUT2D eigenvalue weighted by atomic mass is 35.5. The molecule has 1 fully saturated rings. The standard InChI is InChI=1S/C11H18ClN3O3S/c1-15-8-13-10(9(15)12)19(17,18)14-11(7-16)5-3-2-4-6-11/h8,14,16H,2-7H2,1H3. The molecule has 0 aliphatic heterocycles. The lowest BCUT2D eigenvalue weighted by atomic mass is 9.83. The zero-order valence-corrected chi connectivity index (χ0v) is 12.3. The highest BCUT2D eigenvalue weighted by molar-refractivity contribution is 7.89. The Morgan fingerprint density at radius 3 is 2.58 bits per heavy atom. The van der Waals surface area contributed by atoms with E-state index in [0.717, 1.165) is 19.3 Å². The number of rotatable bonds is 4. The second-order valence-electron chi connectivity index (χ2n) is 5.06. The molecule has 6 nitrogen and oxygen atoms in total. The summed E-state index contributed by atoms with van der Waals surface area (Å²) in [4.78, 5) is 3.82. The van der Waals surface area contributed by atoms with E-state index in [-0.39, 0.29) is 16.8 Å². The average molecular weight is 308 g/mol. The van der Waals surface area contributed by atoms with Gasteiger partial charge in [-0.3, -0.25) is 0 Å². The van der Waals surface area contributed by atoms with Gasteiger partial charge >= 0.3 is 0 Å². The smallest absolute Gasteiger partial charge is 0.261 e. The molecule has 19 heavy (non-hydrogen) atoms. The Balaban J connectivity index is 2.28. The van der Waals surface area contributed by atoms with Crippen LogP contribution in [-0.4, -0.2) is 35.2 Å². The van der Waals surface area contributed by atoms with Gasteiger partial charge in [-0.15, -0.1) is 0 Å². The normalized spacial score (nSPS) is 19.5. The minimum atomic E-state index is -3.81. The molecule has 2 N–H and O–H groups in total. The molecule has 108 valence electrons. The first-order valence-corrected chi connectivity index (χ1v) is 8.08. The molecular formula is C11H18ClN3O3S. The first-order chi connectivity index (χ1) is 8.90. The van der Waals surface area contributed by atoms with Crippen molar-refractivity contribution in [2.45, 2.75) is 42.7 Å². The van der Waals surface area contributed by atoms with E-state index in [0.29, 0.717) is 12.8 Å². The quantitative estimate of drug-likeness (QED) is 0.870. The Labute approximate surface area is 117 Å². The first kappa shape index (κ1) is 14.8. The van der Waals surface area contributed by atoms with Gasteiger partial charge in [0.05, 0.1) is 18.5 Å². The zero-order valence-electron chi connectivity index (χ0n) is 10.8. The van der Waals surface area contributed by atoms with E-state index in [1.807, 2.05) is 0 Å². The van der Waals surface area contributed by atoms with Gasteiger partial charge in [0, 0.05) is 7.05 Å². The predicted octanol–water partition coefficient (Wildman–Crippen LogP) is 1.05. The van der Waals surface area contributed by atoms with E-state index >= 15 is 0 Å². The van der Waals surface area contributed by atoms with Crippen LogP contribution in [0, 0.1) is 0 Å². The maximum atomic E-state index is 12.3. The van der Waals surface area contributed by atoms with Crippen LogP contribution in [0.1, 0.15) is 32.1 Å². The van der Waals surface area contributed by atoms with Crippen LogP contribution in [-0.2, 0) is 17.1 Å². The van der Waals surface area contributed by atoms with E-state index in [4.69, 9.17) is 11.6 Å². The highest BCUT2D eigenvalue weighted by Gasteiger charge is 2.37. The Morgan fingerprint density at radius 2 is 2.11 bits per heavy atom. The summed E-state index contributed by atoms with van der Waals surface area (Å²) in [5.74, 6) is 0. The minimum absolute atomic E-state index is 0.0661. The van der Waals surface area contributed by atoms with Gasteiger partial charge in [-0.25, -0.2) is 18.1 Å². The van der Waals surface area contributed by atoms with Crippen molar-refractivity contribution in [3.05, 3.63) is 11.5 Å². The van der Waals surface area contributed by atoms with Crippen LogP contribution < -0.4 is 4.72 Å². The minimum Gasteiger partial charge on any atom is -0.394 e. The van der Waals surface area contributed by atoms with Crippen molar-refractivity contribution < 1.29 is 13.5 Å². The lowest BCUT2D eigenvalue weighted by Crippen LogP contribution is -2.52. The van der Waals surface area contributed by atoms with E-state index in [1.165, 1.54) is 10.9 Å². The van der Waals surface area contributed by atoms with Gasteiger partial charge in [-0.05, 0) is 12.8 Å². The van der Waals surface area contributed by atoms with E-state index in [1.54, 1.807) is 7.05 Å². The van der Waals surface area contributed by atoms with E-state index < -0.39 is 15.6 Å². The van der Waals surface area contributed by atoms with E-state index in [2.05, 4.69) is 9.71 Å². The van der Waals surface area contributed by atoms with Crippen molar-refractivity contribution in [3.8, 4) is 0 Å². The molecule has 1 aliphatic rings. The molecule has 8 heteroatoms. The monoisotopic (exact) mass is 307 g/mol. The summed E-state index contributed by atoms with van der Waals surface area (Å²) in [6, 6.07) is 0. The van der Waals surface area contributed by atoms with Crippen LogP contribution in [0.3, 0.4) is 0 Å². The topological polar surface area (TPSA) is 84.2 Å². The number of imidazole rings is 1. The lowest BCUT2D eigenvalue weighted by Gasteiger charge is -2.35. The van der Waals surface area contributed by atoms with Gasteiger partial charge < -0.3 is 9.67 Å². The first-order valence-electron chi connectivity index (χ1n) is 6.22. The number of nitrogens with zero attached hydrogens (tertiary/aromatic N) is 2. The molecule has 0 saturated heterocycles. The lowest BCUT2D eigenvalue weighted by molar-refractivity contribution is 0.142. The fraction of sp³-hybridized carbons (Fsp3) is 0.727. The second-order valence-corrected chi connectivity index (χ2v) is 7.01. The highest BCUT2D eigenvalue weighted by Crippen LogP contribution is 2.30. The Kier molecular flexibility index (Phi) is 4.20. The van der Waals surface area contributed by atoms with Crippen molar-refractivity contribution >= 4 is 21.6 Å². The Morgan fingerprint density at radius 1 is 1.47 bits per heavy atom. The molecule has 1 aromatic rings. The molecule has 0 radical (unpaired) electrons. The number of hydrogen-bond donors (Lipinski definition) is 2. The number of sulfonamides is 1. The third-order valence-electron chi connectivity index (χ3n) is 3.55. The molecule has 0 bridgehead atoms. The summed E-state index contributed by atoms with van der Waals surface area (Å²) in [7, 11) is -2.19. The van der Waals surface area contributed by atoms with Gasteiger partial charge in [0.2, 0.25) is 5.03 Å². The molecule has 0 unspecified atom stereocenters. The number of aliphatic hydroxyl groups is 1. The molecule has 1 aliphatic carbocycles. The van der Waals surface area contributed by atoms with Gasteiger partial charge in [-0.1, -0.05) is 30.9 Å². The van der Waals surface area contributed by atoms with E-state index in [9.17, 15) is 13.5 Å². The average Bonchev–Trinajstić information content (AvgIpc) is 2.71. The van der Waals surface area contributed by atoms with Crippen LogP contribution >= 0.6 is 11.6 Å². The molecule has 2 rings (SSSR count). The summed E-state index contributed by atoms with van der Waals surface area (Å²) < 4.78 is 28.7.